The Hall–Kier alpha value is -2.23. The molecule has 1 fully saturated rings. The number of aromatic nitrogens is 2. The molecular formula is C18H24N4O4S. The second kappa shape index (κ2) is 8.20. The zero-order valence-corrected chi connectivity index (χ0v) is 16.3. The molecule has 146 valence electrons. The van der Waals surface area contributed by atoms with E-state index in [1.807, 2.05) is 19.9 Å². The van der Waals surface area contributed by atoms with Crippen LogP contribution in [0.3, 0.4) is 0 Å². The highest BCUT2D eigenvalue weighted by atomic mass is 32.2. The van der Waals surface area contributed by atoms with E-state index in [0.29, 0.717) is 38.5 Å². The Labute approximate surface area is 159 Å². The first-order valence-electron chi connectivity index (χ1n) is 8.85. The number of carbonyl (C=O) groups is 1. The second-order valence-electron chi connectivity index (χ2n) is 6.49. The number of amides is 1. The lowest BCUT2D eigenvalue weighted by molar-refractivity contribution is -0.116. The molecular weight excluding hydrogens is 368 g/mol. The smallest absolute Gasteiger partial charge is 0.243 e. The van der Waals surface area contributed by atoms with Crippen molar-refractivity contribution in [3.05, 3.63) is 41.7 Å². The molecule has 1 aliphatic heterocycles. The maximum absolute atomic E-state index is 12.6. The molecule has 1 aromatic carbocycles. The van der Waals surface area contributed by atoms with Crippen LogP contribution in [0.15, 0.2) is 35.2 Å². The van der Waals surface area contributed by atoms with Crippen LogP contribution in [0.25, 0.3) is 0 Å². The Bertz CT molecular complexity index is 900. The van der Waals surface area contributed by atoms with Gasteiger partial charge in [-0.3, -0.25) is 9.48 Å². The van der Waals surface area contributed by atoms with E-state index < -0.39 is 10.0 Å². The van der Waals surface area contributed by atoms with Crippen molar-refractivity contribution < 1.29 is 17.9 Å². The number of hydrogen-bond donors (Lipinski definition) is 1. The van der Waals surface area contributed by atoms with Crippen molar-refractivity contribution in [3.63, 3.8) is 0 Å². The number of carbonyl (C=O) groups excluding carboxylic acids is 1. The van der Waals surface area contributed by atoms with E-state index in [2.05, 4.69) is 10.4 Å². The summed E-state index contributed by atoms with van der Waals surface area (Å²) >= 11 is 0. The van der Waals surface area contributed by atoms with Crippen molar-refractivity contribution in [2.75, 3.05) is 31.6 Å². The number of ether oxygens (including phenoxy) is 1. The summed E-state index contributed by atoms with van der Waals surface area (Å²) in [6.45, 7) is 5.88. The summed E-state index contributed by atoms with van der Waals surface area (Å²) in [5, 5.41) is 7.12. The minimum atomic E-state index is -3.53. The van der Waals surface area contributed by atoms with Gasteiger partial charge in [0.15, 0.2) is 0 Å². The fraction of sp³-hybridized carbons (Fsp3) is 0.444. The monoisotopic (exact) mass is 392 g/mol. The van der Waals surface area contributed by atoms with Gasteiger partial charge in [-0.05, 0) is 44.2 Å². The van der Waals surface area contributed by atoms with Crippen molar-refractivity contribution in [2.24, 2.45) is 0 Å². The van der Waals surface area contributed by atoms with Gasteiger partial charge >= 0.3 is 0 Å². The topological polar surface area (TPSA) is 93.5 Å². The standard InChI is InChI=1S/C18H24N4O4S/c1-14-13-15(2)22(20-14)8-7-18(23)19-16-3-5-17(6-4-16)27(24,25)21-9-11-26-12-10-21/h3-6,13H,7-12H2,1-2H3,(H,19,23). The number of rotatable bonds is 6. The van der Waals surface area contributed by atoms with E-state index in [-0.39, 0.29) is 17.2 Å². The number of hydrogen-bond acceptors (Lipinski definition) is 5. The first-order valence-corrected chi connectivity index (χ1v) is 10.3. The molecule has 9 heteroatoms. The quantitative estimate of drug-likeness (QED) is 0.805. The van der Waals surface area contributed by atoms with Crippen LogP contribution < -0.4 is 5.32 Å². The summed E-state index contributed by atoms with van der Waals surface area (Å²) in [6.07, 6.45) is 0.287. The number of anilines is 1. The van der Waals surface area contributed by atoms with E-state index in [1.165, 1.54) is 16.4 Å². The highest BCUT2D eigenvalue weighted by Gasteiger charge is 2.26. The van der Waals surface area contributed by atoms with Gasteiger partial charge in [-0.1, -0.05) is 0 Å². The highest BCUT2D eigenvalue weighted by Crippen LogP contribution is 2.19. The third-order valence-corrected chi connectivity index (χ3v) is 6.31. The average Bonchev–Trinajstić information content (AvgIpc) is 2.98. The van der Waals surface area contributed by atoms with Crippen molar-refractivity contribution in [1.82, 2.24) is 14.1 Å². The minimum Gasteiger partial charge on any atom is -0.379 e. The maximum atomic E-state index is 12.6. The lowest BCUT2D eigenvalue weighted by Gasteiger charge is -2.26. The first kappa shape index (κ1) is 19.5. The van der Waals surface area contributed by atoms with Gasteiger partial charge in [0, 0.05) is 37.4 Å². The van der Waals surface area contributed by atoms with E-state index in [1.54, 1.807) is 16.8 Å². The number of nitrogens with one attached hydrogen (secondary N) is 1. The van der Waals surface area contributed by atoms with Crippen LogP contribution in [0.5, 0.6) is 0 Å². The van der Waals surface area contributed by atoms with E-state index in [4.69, 9.17) is 4.74 Å². The second-order valence-corrected chi connectivity index (χ2v) is 8.43. The van der Waals surface area contributed by atoms with E-state index in [9.17, 15) is 13.2 Å². The fourth-order valence-electron chi connectivity index (χ4n) is 2.98. The Kier molecular flexibility index (Phi) is 5.93. The maximum Gasteiger partial charge on any atom is 0.243 e. The average molecular weight is 392 g/mol. The van der Waals surface area contributed by atoms with Crippen LogP contribution in [-0.2, 0) is 26.1 Å². The molecule has 0 saturated carbocycles. The number of sulfonamides is 1. The summed E-state index contributed by atoms with van der Waals surface area (Å²) in [5.74, 6) is -0.147. The SMILES string of the molecule is Cc1cc(C)n(CCC(=O)Nc2ccc(S(=O)(=O)N3CCOCC3)cc2)n1. The largest absolute Gasteiger partial charge is 0.379 e. The van der Waals surface area contributed by atoms with Gasteiger partial charge in [0.2, 0.25) is 15.9 Å². The van der Waals surface area contributed by atoms with E-state index in [0.717, 1.165) is 11.4 Å². The predicted molar refractivity (Wildman–Crippen MR) is 101 cm³/mol. The lowest BCUT2D eigenvalue weighted by atomic mass is 10.3. The summed E-state index contributed by atoms with van der Waals surface area (Å²) < 4.78 is 33.6. The Balaban J connectivity index is 1.58. The Morgan fingerprint density at radius 2 is 1.85 bits per heavy atom. The van der Waals surface area contributed by atoms with Gasteiger partial charge in [-0.15, -0.1) is 0 Å². The molecule has 8 nitrogen and oxygen atoms in total. The van der Waals surface area contributed by atoms with Crippen LogP contribution in [-0.4, -0.2) is 54.7 Å². The van der Waals surface area contributed by atoms with Crippen molar-refractivity contribution in [3.8, 4) is 0 Å². The molecule has 1 amide bonds. The minimum absolute atomic E-state index is 0.147. The lowest BCUT2D eigenvalue weighted by Crippen LogP contribution is -2.40. The number of nitrogens with zero attached hydrogens (tertiary/aromatic N) is 3. The molecule has 0 radical (unpaired) electrons. The van der Waals surface area contributed by atoms with E-state index >= 15 is 0 Å². The van der Waals surface area contributed by atoms with Gasteiger partial charge in [0.25, 0.3) is 0 Å². The zero-order chi connectivity index (χ0) is 19.4. The van der Waals surface area contributed by atoms with Crippen LogP contribution in [0, 0.1) is 13.8 Å². The Morgan fingerprint density at radius 1 is 1.19 bits per heavy atom. The molecule has 2 aromatic rings. The molecule has 0 atom stereocenters. The third kappa shape index (κ3) is 4.74. The molecule has 1 saturated heterocycles. The van der Waals surface area contributed by atoms with Crippen LogP contribution in [0.2, 0.25) is 0 Å². The molecule has 1 aromatic heterocycles. The molecule has 3 rings (SSSR count). The van der Waals surface area contributed by atoms with Gasteiger partial charge in [0.1, 0.15) is 0 Å². The first-order chi connectivity index (χ1) is 12.9. The molecule has 0 bridgehead atoms. The summed E-state index contributed by atoms with van der Waals surface area (Å²) in [5.41, 5.74) is 2.50. The predicted octanol–water partition coefficient (Wildman–Crippen LogP) is 1.55. The number of benzene rings is 1. The summed E-state index contributed by atoms with van der Waals surface area (Å²) in [4.78, 5) is 12.4. The third-order valence-electron chi connectivity index (χ3n) is 4.40. The molecule has 0 spiro atoms. The van der Waals surface area contributed by atoms with Crippen LogP contribution in [0.4, 0.5) is 5.69 Å². The van der Waals surface area contributed by atoms with Gasteiger partial charge < -0.3 is 10.1 Å². The van der Waals surface area contributed by atoms with Crippen LogP contribution in [0.1, 0.15) is 17.8 Å². The molecule has 0 unspecified atom stereocenters. The van der Waals surface area contributed by atoms with Crippen molar-refractivity contribution in [1.29, 1.82) is 0 Å². The summed E-state index contributed by atoms with van der Waals surface area (Å²) in [7, 11) is -3.53. The molecule has 1 aliphatic rings. The highest BCUT2D eigenvalue weighted by molar-refractivity contribution is 7.89. The van der Waals surface area contributed by atoms with Crippen molar-refractivity contribution >= 4 is 21.6 Å². The Morgan fingerprint density at radius 3 is 2.44 bits per heavy atom. The molecule has 0 aliphatic carbocycles. The molecule has 27 heavy (non-hydrogen) atoms. The van der Waals surface area contributed by atoms with Crippen molar-refractivity contribution in [2.45, 2.75) is 31.7 Å². The van der Waals surface area contributed by atoms with Crippen LogP contribution >= 0.6 is 0 Å². The zero-order valence-electron chi connectivity index (χ0n) is 15.5. The number of morpholine rings is 1. The van der Waals surface area contributed by atoms with Gasteiger partial charge in [-0.25, -0.2) is 8.42 Å². The molecule has 1 N–H and O–H groups in total. The fourth-order valence-corrected chi connectivity index (χ4v) is 4.39. The summed E-state index contributed by atoms with van der Waals surface area (Å²) in [6, 6.07) is 8.21. The number of aryl methyl sites for hydroxylation is 3. The van der Waals surface area contributed by atoms with Gasteiger partial charge in [-0.2, -0.15) is 9.40 Å². The van der Waals surface area contributed by atoms with Gasteiger partial charge in [0.05, 0.1) is 23.8 Å². The normalized spacial score (nSPS) is 15.6. The molecule has 2 heterocycles.